The Morgan fingerprint density at radius 1 is 1.00 bits per heavy atom. The molecule has 1 atom stereocenters. The predicted octanol–water partition coefficient (Wildman–Crippen LogP) is 1.96. The highest BCUT2D eigenvalue weighted by Crippen LogP contribution is 2.19. The van der Waals surface area contributed by atoms with Crippen LogP contribution in [0, 0.1) is 0 Å². The van der Waals surface area contributed by atoms with Crippen LogP contribution in [0.15, 0.2) is 54.6 Å². The lowest BCUT2D eigenvalue weighted by Gasteiger charge is -2.09. The van der Waals surface area contributed by atoms with E-state index in [1.165, 1.54) is 0 Å². The van der Waals surface area contributed by atoms with Crippen LogP contribution in [0.3, 0.4) is 0 Å². The fraction of sp³-hybridized carbons (Fsp3) is 0.211. The number of carbonyl (C=O) groups excluding carboxylic acids is 3. The molecule has 4 amide bonds. The molecule has 0 aliphatic carbocycles. The Hall–Kier alpha value is -3.15. The highest BCUT2D eigenvalue weighted by molar-refractivity contribution is 6.04. The fourth-order valence-electron chi connectivity index (χ4n) is 2.72. The topological polar surface area (TPSA) is 87.3 Å². The van der Waals surface area contributed by atoms with Crippen LogP contribution < -0.4 is 16.0 Å². The van der Waals surface area contributed by atoms with Crippen molar-refractivity contribution in [3.05, 3.63) is 60.2 Å². The Bertz CT molecular complexity index is 790. The number of carbonyl (C=O) groups is 3. The largest absolute Gasteiger partial charge is 0.352 e. The van der Waals surface area contributed by atoms with E-state index in [1.807, 2.05) is 54.6 Å². The summed E-state index contributed by atoms with van der Waals surface area (Å²) in [5, 5.41) is 7.47. The van der Waals surface area contributed by atoms with Crippen LogP contribution in [0.2, 0.25) is 0 Å². The molecule has 1 saturated heterocycles. The first-order valence-electron chi connectivity index (χ1n) is 8.14. The standard InChI is InChI=1S/C19H19N3O3/c23-17(10-9-16-18(24)22-19(25)21-16)20-12-13-5-4-8-15(11-13)14-6-2-1-3-7-14/h1-8,11,16H,9-10,12H2,(H,20,23)(H2,21,22,24,25)/t16-/m1/s1. The Kier molecular flexibility index (Phi) is 5.09. The van der Waals surface area contributed by atoms with Gasteiger partial charge >= 0.3 is 6.03 Å². The third kappa shape index (κ3) is 4.44. The summed E-state index contributed by atoms with van der Waals surface area (Å²) in [6.45, 7) is 0.419. The van der Waals surface area contributed by atoms with Gasteiger partial charge in [0.15, 0.2) is 0 Å². The SMILES string of the molecule is O=C(CC[C@H]1NC(=O)NC1=O)NCc1cccc(-c2ccccc2)c1. The molecule has 6 heteroatoms. The van der Waals surface area contributed by atoms with Crippen molar-refractivity contribution in [2.24, 2.45) is 0 Å². The first-order valence-corrected chi connectivity index (χ1v) is 8.14. The maximum atomic E-state index is 12.0. The van der Waals surface area contributed by atoms with Crippen LogP contribution in [0.4, 0.5) is 4.79 Å². The Labute approximate surface area is 145 Å². The van der Waals surface area contributed by atoms with E-state index in [0.717, 1.165) is 16.7 Å². The zero-order valence-electron chi connectivity index (χ0n) is 13.6. The molecule has 3 rings (SSSR count). The summed E-state index contributed by atoms with van der Waals surface area (Å²) < 4.78 is 0. The molecule has 0 unspecified atom stereocenters. The van der Waals surface area contributed by atoms with E-state index in [-0.39, 0.29) is 24.7 Å². The molecular formula is C19H19N3O3. The minimum atomic E-state index is -0.625. The molecule has 128 valence electrons. The zero-order valence-corrected chi connectivity index (χ0v) is 13.6. The van der Waals surface area contributed by atoms with Crippen molar-refractivity contribution in [3.8, 4) is 11.1 Å². The summed E-state index contributed by atoms with van der Waals surface area (Å²) in [5.74, 6) is -0.535. The number of hydrogen-bond acceptors (Lipinski definition) is 3. The van der Waals surface area contributed by atoms with Gasteiger partial charge in [0, 0.05) is 13.0 Å². The molecule has 3 N–H and O–H groups in total. The summed E-state index contributed by atoms with van der Waals surface area (Å²) >= 11 is 0. The molecule has 0 spiro atoms. The fourth-order valence-corrected chi connectivity index (χ4v) is 2.72. The van der Waals surface area contributed by atoms with Crippen molar-refractivity contribution in [2.75, 3.05) is 0 Å². The van der Waals surface area contributed by atoms with Gasteiger partial charge < -0.3 is 10.6 Å². The van der Waals surface area contributed by atoms with Crippen molar-refractivity contribution in [2.45, 2.75) is 25.4 Å². The molecule has 25 heavy (non-hydrogen) atoms. The molecule has 0 bridgehead atoms. The van der Waals surface area contributed by atoms with Crippen LogP contribution in [0.5, 0.6) is 0 Å². The summed E-state index contributed by atoms with van der Waals surface area (Å²) in [5.41, 5.74) is 3.22. The van der Waals surface area contributed by atoms with E-state index >= 15 is 0 Å². The zero-order chi connectivity index (χ0) is 17.6. The minimum absolute atomic E-state index is 0.154. The van der Waals surface area contributed by atoms with Crippen LogP contribution in [0.25, 0.3) is 11.1 Å². The van der Waals surface area contributed by atoms with Gasteiger partial charge in [0.1, 0.15) is 6.04 Å². The number of hydrogen-bond donors (Lipinski definition) is 3. The second kappa shape index (κ2) is 7.61. The predicted molar refractivity (Wildman–Crippen MR) is 93.4 cm³/mol. The first kappa shape index (κ1) is 16.7. The van der Waals surface area contributed by atoms with Gasteiger partial charge in [0.2, 0.25) is 5.91 Å². The molecule has 1 fully saturated rings. The van der Waals surface area contributed by atoms with E-state index in [1.54, 1.807) is 0 Å². The van der Waals surface area contributed by atoms with Crippen LogP contribution >= 0.6 is 0 Å². The quantitative estimate of drug-likeness (QED) is 0.704. The number of nitrogens with one attached hydrogen (secondary N) is 3. The monoisotopic (exact) mass is 337 g/mol. The smallest absolute Gasteiger partial charge is 0.322 e. The molecule has 6 nitrogen and oxygen atoms in total. The highest BCUT2D eigenvalue weighted by atomic mass is 16.2. The summed E-state index contributed by atoms with van der Waals surface area (Å²) in [6, 6.07) is 16.9. The van der Waals surface area contributed by atoms with Gasteiger partial charge in [0.05, 0.1) is 0 Å². The average molecular weight is 337 g/mol. The number of imide groups is 1. The summed E-state index contributed by atoms with van der Waals surface area (Å²) in [7, 11) is 0. The van der Waals surface area contributed by atoms with Crippen molar-refractivity contribution >= 4 is 17.8 Å². The van der Waals surface area contributed by atoms with E-state index in [9.17, 15) is 14.4 Å². The Morgan fingerprint density at radius 3 is 2.48 bits per heavy atom. The van der Waals surface area contributed by atoms with Crippen molar-refractivity contribution in [1.29, 1.82) is 0 Å². The van der Waals surface area contributed by atoms with Gasteiger partial charge in [-0.2, -0.15) is 0 Å². The lowest BCUT2D eigenvalue weighted by Crippen LogP contribution is -2.31. The van der Waals surface area contributed by atoms with Crippen molar-refractivity contribution in [1.82, 2.24) is 16.0 Å². The van der Waals surface area contributed by atoms with E-state index < -0.39 is 12.1 Å². The first-order chi connectivity index (χ1) is 12.1. The molecule has 1 aliphatic rings. The van der Waals surface area contributed by atoms with E-state index in [4.69, 9.17) is 0 Å². The van der Waals surface area contributed by atoms with Gasteiger partial charge in [0.25, 0.3) is 5.91 Å². The normalized spacial score (nSPS) is 16.2. The lowest BCUT2D eigenvalue weighted by molar-refractivity contribution is -0.122. The average Bonchev–Trinajstić information content (AvgIpc) is 2.96. The second-order valence-electron chi connectivity index (χ2n) is 5.90. The number of urea groups is 1. The van der Waals surface area contributed by atoms with Gasteiger partial charge in [-0.15, -0.1) is 0 Å². The minimum Gasteiger partial charge on any atom is -0.352 e. The van der Waals surface area contributed by atoms with Gasteiger partial charge in [-0.25, -0.2) is 4.79 Å². The van der Waals surface area contributed by atoms with Crippen LogP contribution in [-0.2, 0) is 16.1 Å². The molecular weight excluding hydrogens is 318 g/mol. The van der Waals surface area contributed by atoms with E-state index in [0.29, 0.717) is 6.54 Å². The Morgan fingerprint density at radius 2 is 1.76 bits per heavy atom. The van der Waals surface area contributed by atoms with Crippen molar-refractivity contribution in [3.63, 3.8) is 0 Å². The maximum absolute atomic E-state index is 12.0. The van der Waals surface area contributed by atoms with E-state index in [2.05, 4.69) is 16.0 Å². The summed E-state index contributed by atoms with van der Waals surface area (Å²) in [6.07, 6.45) is 0.463. The third-order valence-electron chi connectivity index (χ3n) is 4.04. The van der Waals surface area contributed by atoms with Crippen molar-refractivity contribution < 1.29 is 14.4 Å². The maximum Gasteiger partial charge on any atom is 0.322 e. The molecule has 2 aromatic carbocycles. The summed E-state index contributed by atoms with van der Waals surface area (Å²) in [4.78, 5) is 34.4. The molecule has 2 aromatic rings. The number of benzene rings is 2. The lowest BCUT2D eigenvalue weighted by atomic mass is 10.0. The van der Waals surface area contributed by atoms with Gasteiger partial charge in [-0.3, -0.25) is 14.9 Å². The van der Waals surface area contributed by atoms with Crippen LogP contribution in [0.1, 0.15) is 18.4 Å². The second-order valence-corrected chi connectivity index (χ2v) is 5.90. The Balaban J connectivity index is 1.51. The number of rotatable bonds is 6. The molecule has 0 radical (unpaired) electrons. The third-order valence-corrected chi connectivity index (χ3v) is 4.04. The van der Waals surface area contributed by atoms with Gasteiger partial charge in [-0.1, -0.05) is 48.5 Å². The van der Waals surface area contributed by atoms with Crippen LogP contribution in [-0.4, -0.2) is 23.9 Å². The molecule has 1 heterocycles. The number of amides is 4. The highest BCUT2D eigenvalue weighted by Gasteiger charge is 2.29. The van der Waals surface area contributed by atoms with Gasteiger partial charge in [-0.05, 0) is 29.2 Å². The molecule has 0 aromatic heterocycles. The molecule has 1 aliphatic heterocycles. The molecule has 0 saturated carbocycles.